The average molecular weight is 257 g/mol. The summed E-state index contributed by atoms with van der Waals surface area (Å²) in [5.74, 6) is -0.141. The lowest BCUT2D eigenvalue weighted by Gasteiger charge is -2.23. The Balaban J connectivity index is 2.52. The molecule has 1 amide bonds. The number of amides is 1. The molecule has 1 aromatic rings. The smallest absolute Gasteiger partial charge is 0.230 e. The van der Waals surface area contributed by atoms with Crippen LogP contribution in [0.3, 0.4) is 0 Å². The van der Waals surface area contributed by atoms with Crippen LogP contribution in [0.25, 0.3) is 0 Å². The highest BCUT2D eigenvalue weighted by Gasteiger charge is 2.21. The minimum Gasteiger partial charge on any atom is -0.389 e. The second-order valence-electron chi connectivity index (χ2n) is 4.07. The minimum absolute atomic E-state index is 0.0163. The molecule has 0 aliphatic heterocycles. The van der Waals surface area contributed by atoms with Crippen molar-refractivity contribution >= 4 is 17.2 Å². The van der Waals surface area contributed by atoms with Crippen LogP contribution in [0.5, 0.6) is 0 Å². The lowest BCUT2D eigenvalue weighted by atomic mass is 10.1. The van der Waals surface area contributed by atoms with Gasteiger partial charge in [-0.3, -0.25) is 4.79 Å². The third kappa shape index (κ3) is 4.11. The zero-order valence-corrected chi connectivity index (χ0v) is 11.2. The first-order valence-corrected chi connectivity index (χ1v) is 6.39. The van der Waals surface area contributed by atoms with Crippen molar-refractivity contribution < 1.29 is 14.6 Å². The zero-order valence-electron chi connectivity index (χ0n) is 10.4. The van der Waals surface area contributed by atoms with Crippen molar-refractivity contribution in [2.75, 3.05) is 27.3 Å². The number of nitrogens with zero attached hydrogens (tertiary/aromatic N) is 1. The number of methoxy groups -OCH3 is 1. The molecule has 0 fully saturated rings. The molecule has 1 rings (SSSR count). The zero-order chi connectivity index (χ0) is 12.8. The number of likely N-dealkylation sites (N-methyl/N-ethyl adjacent to an activating group) is 1. The monoisotopic (exact) mass is 257 g/mol. The SMILES string of the molecule is COC[C@@H](O)CN(C)C(=O)[C@H](C)c1cccs1. The second kappa shape index (κ2) is 6.74. The molecule has 0 saturated heterocycles. The first kappa shape index (κ1) is 14.2. The molecule has 1 N–H and O–H groups in total. The van der Waals surface area contributed by atoms with Gasteiger partial charge in [-0.25, -0.2) is 0 Å². The summed E-state index contributed by atoms with van der Waals surface area (Å²) in [7, 11) is 3.23. The number of hydrogen-bond acceptors (Lipinski definition) is 4. The molecule has 0 unspecified atom stereocenters. The summed E-state index contributed by atoms with van der Waals surface area (Å²) >= 11 is 1.57. The van der Waals surface area contributed by atoms with Gasteiger partial charge in [0.05, 0.1) is 18.6 Å². The average Bonchev–Trinajstić information content (AvgIpc) is 2.80. The van der Waals surface area contributed by atoms with Gasteiger partial charge in [0.15, 0.2) is 0 Å². The molecular formula is C12H19NO3S. The molecule has 0 radical (unpaired) electrons. The van der Waals surface area contributed by atoms with Gasteiger partial charge in [0.2, 0.25) is 5.91 Å². The number of hydrogen-bond donors (Lipinski definition) is 1. The molecule has 17 heavy (non-hydrogen) atoms. The maximum Gasteiger partial charge on any atom is 0.230 e. The number of carbonyl (C=O) groups excluding carboxylic acids is 1. The van der Waals surface area contributed by atoms with E-state index in [0.717, 1.165) is 4.88 Å². The van der Waals surface area contributed by atoms with E-state index >= 15 is 0 Å². The Morgan fingerprint density at radius 1 is 1.65 bits per heavy atom. The molecular weight excluding hydrogens is 238 g/mol. The van der Waals surface area contributed by atoms with Crippen LogP contribution in [0, 0.1) is 0 Å². The normalized spacial score (nSPS) is 14.4. The Labute approximate surface area is 106 Å². The molecule has 1 heterocycles. The Bertz CT molecular complexity index is 340. The van der Waals surface area contributed by atoms with Gasteiger partial charge >= 0.3 is 0 Å². The van der Waals surface area contributed by atoms with Crippen molar-refractivity contribution in [3.63, 3.8) is 0 Å². The van der Waals surface area contributed by atoms with Crippen LogP contribution in [0.15, 0.2) is 17.5 Å². The van der Waals surface area contributed by atoms with Gasteiger partial charge in [-0.2, -0.15) is 0 Å². The van der Waals surface area contributed by atoms with Crippen LogP contribution in [-0.4, -0.2) is 49.3 Å². The predicted octanol–water partition coefficient (Wildman–Crippen LogP) is 1.32. The number of ether oxygens (including phenoxy) is 1. The minimum atomic E-state index is -0.635. The number of rotatable bonds is 6. The number of carbonyl (C=O) groups is 1. The van der Waals surface area contributed by atoms with Crippen LogP contribution in [-0.2, 0) is 9.53 Å². The lowest BCUT2D eigenvalue weighted by molar-refractivity contribution is -0.132. The maximum absolute atomic E-state index is 12.1. The van der Waals surface area contributed by atoms with E-state index in [0.29, 0.717) is 6.54 Å². The van der Waals surface area contributed by atoms with Gasteiger partial charge in [-0.05, 0) is 18.4 Å². The first-order chi connectivity index (χ1) is 8.06. The Morgan fingerprint density at radius 3 is 2.88 bits per heavy atom. The van der Waals surface area contributed by atoms with E-state index in [1.54, 1.807) is 23.3 Å². The van der Waals surface area contributed by atoms with Gasteiger partial charge < -0.3 is 14.7 Å². The highest BCUT2D eigenvalue weighted by Crippen LogP contribution is 2.22. The van der Waals surface area contributed by atoms with Crippen LogP contribution in [0.4, 0.5) is 0 Å². The fourth-order valence-corrected chi connectivity index (χ4v) is 2.42. The Hall–Kier alpha value is -0.910. The lowest BCUT2D eigenvalue weighted by Crippen LogP contribution is -2.38. The van der Waals surface area contributed by atoms with Crippen molar-refractivity contribution in [3.05, 3.63) is 22.4 Å². The van der Waals surface area contributed by atoms with Gasteiger partial charge in [0, 0.05) is 25.6 Å². The molecule has 0 spiro atoms. The van der Waals surface area contributed by atoms with Gasteiger partial charge in [-0.15, -0.1) is 11.3 Å². The topological polar surface area (TPSA) is 49.8 Å². The van der Waals surface area contributed by atoms with Crippen molar-refractivity contribution in [3.8, 4) is 0 Å². The Kier molecular flexibility index (Phi) is 5.61. The van der Waals surface area contributed by atoms with Crippen molar-refractivity contribution in [2.24, 2.45) is 0 Å². The maximum atomic E-state index is 12.1. The summed E-state index contributed by atoms with van der Waals surface area (Å²) in [4.78, 5) is 14.7. The van der Waals surface area contributed by atoms with Crippen molar-refractivity contribution in [2.45, 2.75) is 18.9 Å². The fourth-order valence-electron chi connectivity index (χ4n) is 1.64. The summed E-state index contributed by atoms with van der Waals surface area (Å²) in [6.07, 6.45) is -0.635. The van der Waals surface area contributed by atoms with E-state index in [1.807, 2.05) is 24.4 Å². The van der Waals surface area contributed by atoms with Gasteiger partial charge in [0.1, 0.15) is 0 Å². The standard InChI is InChI=1S/C12H19NO3S/c1-9(11-5-4-6-17-11)12(15)13(2)7-10(14)8-16-3/h4-6,9-10,14H,7-8H2,1-3H3/t9-,10+/m1/s1. The summed E-state index contributed by atoms with van der Waals surface area (Å²) in [5, 5.41) is 11.5. The van der Waals surface area contributed by atoms with E-state index in [4.69, 9.17) is 4.74 Å². The molecule has 1 aromatic heterocycles. The largest absolute Gasteiger partial charge is 0.389 e. The molecule has 5 heteroatoms. The molecule has 0 aliphatic carbocycles. The van der Waals surface area contributed by atoms with E-state index < -0.39 is 6.10 Å². The summed E-state index contributed by atoms with van der Waals surface area (Å²) in [6, 6.07) is 3.89. The number of aliphatic hydroxyl groups is 1. The van der Waals surface area contributed by atoms with E-state index in [-0.39, 0.29) is 18.4 Å². The Morgan fingerprint density at radius 2 is 2.35 bits per heavy atom. The highest BCUT2D eigenvalue weighted by molar-refractivity contribution is 7.10. The number of thiophene rings is 1. The first-order valence-electron chi connectivity index (χ1n) is 5.51. The van der Waals surface area contributed by atoms with Crippen LogP contribution in [0.1, 0.15) is 17.7 Å². The third-order valence-electron chi connectivity index (χ3n) is 2.56. The second-order valence-corrected chi connectivity index (χ2v) is 5.04. The summed E-state index contributed by atoms with van der Waals surface area (Å²) in [6.45, 7) is 2.42. The van der Waals surface area contributed by atoms with E-state index in [2.05, 4.69) is 0 Å². The quantitative estimate of drug-likeness (QED) is 0.836. The molecule has 4 nitrogen and oxygen atoms in total. The molecule has 0 aliphatic rings. The van der Waals surface area contributed by atoms with Crippen molar-refractivity contribution in [1.29, 1.82) is 0 Å². The van der Waals surface area contributed by atoms with Gasteiger partial charge in [0.25, 0.3) is 0 Å². The van der Waals surface area contributed by atoms with Gasteiger partial charge in [-0.1, -0.05) is 6.07 Å². The van der Waals surface area contributed by atoms with E-state index in [9.17, 15) is 9.90 Å². The van der Waals surface area contributed by atoms with Crippen LogP contribution >= 0.6 is 11.3 Å². The predicted molar refractivity (Wildman–Crippen MR) is 68.3 cm³/mol. The number of aliphatic hydroxyl groups excluding tert-OH is 1. The summed E-state index contributed by atoms with van der Waals surface area (Å²) < 4.78 is 4.83. The van der Waals surface area contributed by atoms with Crippen LogP contribution in [0.2, 0.25) is 0 Å². The molecule has 96 valence electrons. The summed E-state index contributed by atoms with van der Waals surface area (Å²) in [5.41, 5.74) is 0. The third-order valence-corrected chi connectivity index (χ3v) is 3.62. The molecule has 0 saturated carbocycles. The molecule has 0 bridgehead atoms. The fraction of sp³-hybridized carbons (Fsp3) is 0.583. The highest BCUT2D eigenvalue weighted by atomic mass is 32.1. The molecule has 0 aromatic carbocycles. The van der Waals surface area contributed by atoms with Crippen molar-refractivity contribution in [1.82, 2.24) is 4.90 Å². The molecule has 2 atom stereocenters. The van der Waals surface area contributed by atoms with Crippen LogP contribution < -0.4 is 0 Å². The van der Waals surface area contributed by atoms with E-state index in [1.165, 1.54) is 7.11 Å².